The van der Waals surface area contributed by atoms with Gasteiger partial charge in [-0.25, -0.2) is 0 Å². The van der Waals surface area contributed by atoms with E-state index < -0.39 is 0 Å². The quantitative estimate of drug-likeness (QED) is 0.880. The molecular weight excluding hydrogens is 326 g/mol. The van der Waals surface area contributed by atoms with E-state index in [-0.39, 0.29) is 17.7 Å². The molecule has 1 N–H and O–H groups in total. The van der Waals surface area contributed by atoms with Crippen molar-refractivity contribution in [1.29, 1.82) is 0 Å². The van der Waals surface area contributed by atoms with Crippen LogP contribution in [0.3, 0.4) is 0 Å². The molecule has 3 rings (SSSR count). The highest BCUT2D eigenvalue weighted by Gasteiger charge is 2.46. The molecular formula is C18H24ClN3O2. The van der Waals surface area contributed by atoms with Crippen LogP contribution in [0.2, 0.25) is 5.02 Å². The van der Waals surface area contributed by atoms with Crippen LogP contribution in [0.15, 0.2) is 24.3 Å². The summed E-state index contributed by atoms with van der Waals surface area (Å²) in [6.07, 6.45) is 0.915. The molecule has 1 heterocycles. The van der Waals surface area contributed by atoms with Gasteiger partial charge in [0.2, 0.25) is 11.8 Å². The molecule has 1 saturated carbocycles. The minimum Gasteiger partial charge on any atom is -0.355 e. The van der Waals surface area contributed by atoms with E-state index in [1.54, 1.807) is 0 Å². The van der Waals surface area contributed by atoms with Crippen LogP contribution >= 0.6 is 11.6 Å². The van der Waals surface area contributed by atoms with E-state index in [0.717, 1.165) is 30.1 Å². The van der Waals surface area contributed by atoms with Gasteiger partial charge in [0, 0.05) is 43.7 Å². The summed E-state index contributed by atoms with van der Waals surface area (Å²) in [6, 6.07) is 7.81. The lowest BCUT2D eigenvalue weighted by atomic mass is 10.1. The van der Waals surface area contributed by atoms with Crippen LogP contribution in [0, 0.1) is 5.92 Å². The molecule has 0 bridgehead atoms. The lowest BCUT2D eigenvalue weighted by Crippen LogP contribution is -2.51. The number of halogens is 1. The summed E-state index contributed by atoms with van der Waals surface area (Å²) in [5.41, 5.74) is 1.16. The van der Waals surface area contributed by atoms with E-state index in [1.807, 2.05) is 36.1 Å². The molecule has 24 heavy (non-hydrogen) atoms. The molecule has 130 valence electrons. The fraction of sp³-hybridized carbons (Fsp3) is 0.556. The monoisotopic (exact) mass is 349 g/mol. The molecule has 1 aromatic carbocycles. The second-order valence-corrected chi connectivity index (χ2v) is 7.00. The number of carbonyl (C=O) groups is 2. The molecule has 2 aliphatic rings. The number of hydrogen-bond acceptors (Lipinski definition) is 3. The maximum Gasteiger partial charge on any atom is 0.234 e. The molecule has 1 aliphatic heterocycles. The average molecular weight is 350 g/mol. The van der Waals surface area contributed by atoms with Crippen molar-refractivity contribution >= 4 is 23.4 Å². The predicted octanol–water partition coefficient (Wildman–Crippen LogP) is 1.72. The number of rotatable bonds is 5. The Morgan fingerprint density at radius 1 is 1.25 bits per heavy atom. The first-order valence-electron chi connectivity index (χ1n) is 8.61. The first kappa shape index (κ1) is 17.2. The summed E-state index contributed by atoms with van der Waals surface area (Å²) in [4.78, 5) is 28.3. The second kappa shape index (κ2) is 7.53. The van der Waals surface area contributed by atoms with Crippen LogP contribution in [0.5, 0.6) is 0 Å². The number of amides is 2. The molecule has 0 spiro atoms. The molecule has 6 heteroatoms. The number of carbonyl (C=O) groups excluding carboxylic acids is 2. The van der Waals surface area contributed by atoms with Gasteiger partial charge >= 0.3 is 0 Å². The summed E-state index contributed by atoms with van der Waals surface area (Å²) in [7, 11) is 0. The average Bonchev–Trinajstić information content (AvgIpc) is 3.36. The molecule has 2 amide bonds. The Kier molecular flexibility index (Phi) is 5.41. The minimum absolute atomic E-state index is 0.0560. The third kappa shape index (κ3) is 4.08. The smallest absolute Gasteiger partial charge is 0.234 e. The highest BCUT2D eigenvalue weighted by Crippen LogP contribution is 2.48. The van der Waals surface area contributed by atoms with Gasteiger partial charge in [-0.2, -0.15) is 0 Å². The number of piperazine rings is 1. The molecule has 1 aromatic rings. The minimum atomic E-state index is 0.0560. The van der Waals surface area contributed by atoms with Gasteiger partial charge in [0.25, 0.3) is 0 Å². The van der Waals surface area contributed by atoms with Crippen molar-refractivity contribution in [2.24, 2.45) is 5.92 Å². The first-order valence-corrected chi connectivity index (χ1v) is 8.99. The molecule has 0 unspecified atom stereocenters. The maximum absolute atomic E-state index is 12.7. The Morgan fingerprint density at radius 3 is 2.67 bits per heavy atom. The largest absolute Gasteiger partial charge is 0.355 e. The van der Waals surface area contributed by atoms with Gasteiger partial charge in [-0.3, -0.25) is 14.5 Å². The van der Waals surface area contributed by atoms with Gasteiger partial charge in [-0.05, 0) is 37.0 Å². The summed E-state index contributed by atoms with van der Waals surface area (Å²) in [5, 5.41) is 3.54. The fourth-order valence-corrected chi connectivity index (χ4v) is 3.59. The highest BCUT2D eigenvalue weighted by atomic mass is 35.5. The van der Waals surface area contributed by atoms with Crippen molar-refractivity contribution in [3.05, 3.63) is 34.9 Å². The zero-order chi connectivity index (χ0) is 17.1. The van der Waals surface area contributed by atoms with E-state index in [0.29, 0.717) is 32.1 Å². The van der Waals surface area contributed by atoms with Crippen molar-refractivity contribution in [2.75, 3.05) is 39.3 Å². The van der Waals surface area contributed by atoms with E-state index in [9.17, 15) is 9.59 Å². The number of nitrogens with one attached hydrogen (secondary N) is 1. The molecule has 1 saturated heterocycles. The molecule has 5 nitrogen and oxygen atoms in total. The summed E-state index contributed by atoms with van der Waals surface area (Å²) in [6.45, 7) is 5.93. The number of likely N-dealkylation sites (N-methyl/N-ethyl adjacent to an activating group) is 1. The predicted molar refractivity (Wildman–Crippen MR) is 94.0 cm³/mol. The SMILES string of the molecule is CCNC(=O)CN1CCN(C(=O)[C@@H]2C[C@@H]2c2cccc(Cl)c2)CC1. The van der Waals surface area contributed by atoms with Gasteiger partial charge in [0.15, 0.2) is 0 Å². The van der Waals surface area contributed by atoms with Crippen LogP contribution in [-0.4, -0.2) is 60.9 Å². The van der Waals surface area contributed by atoms with Crippen LogP contribution in [0.4, 0.5) is 0 Å². The fourth-order valence-electron chi connectivity index (χ4n) is 3.39. The van der Waals surface area contributed by atoms with Crippen molar-refractivity contribution < 1.29 is 9.59 Å². The van der Waals surface area contributed by atoms with Crippen molar-refractivity contribution in [3.63, 3.8) is 0 Å². The molecule has 0 aromatic heterocycles. The van der Waals surface area contributed by atoms with Crippen LogP contribution in [-0.2, 0) is 9.59 Å². The van der Waals surface area contributed by atoms with Crippen LogP contribution in [0.1, 0.15) is 24.8 Å². The number of nitrogens with zero attached hydrogens (tertiary/aromatic N) is 2. The zero-order valence-corrected chi connectivity index (χ0v) is 14.8. The van der Waals surface area contributed by atoms with Gasteiger partial charge < -0.3 is 10.2 Å². The Bertz CT molecular complexity index is 614. The van der Waals surface area contributed by atoms with E-state index in [2.05, 4.69) is 10.2 Å². The molecule has 1 aliphatic carbocycles. The summed E-state index contributed by atoms with van der Waals surface area (Å²) >= 11 is 6.04. The first-order chi connectivity index (χ1) is 11.6. The van der Waals surface area contributed by atoms with Crippen molar-refractivity contribution in [3.8, 4) is 0 Å². The van der Waals surface area contributed by atoms with E-state index in [4.69, 9.17) is 11.6 Å². The lowest BCUT2D eigenvalue weighted by Gasteiger charge is -2.34. The normalized spacial score (nSPS) is 23.8. The third-order valence-electron chi connectivity index (χ3n) is 4.81. The number of benzene rings is 1. The Hall–Kier alpha value is -1.59. The third-order valence-corrected chi connectivity index (χ3v) is 5.04. The highest BCUT2D eigenvalue weighted by molar-refractivity contribution is 6.30. The Morgan fingerprint density at radius 2 is 2.00 bits per heavy atom. The van der Waals surface area contributed by atoms with Gasteiger partial charge in [0.1, 0.15) is 0 Å². The molecule has 2 atom stereocenters. The second-order valence-electron chi connectivity index (χ2n) is 6.56. The standard InChI is InChI=1S/C18H24ClN3O2/c1-2-20-17(23)12-21-6-8-22(9-7-21)18(24)16-11-15(16)13-4-3-5-14(19)10-13/h3-5,10,15-16H,2,6-9,11-12H2,1H3,(H,20,23)/t15-,16-/m1/s1. The Labute approximate surface area is 147 Å². The van der Waals surface area contributed by atoms with Gasteiger partial charge in [-0.15, -0.1) is 0 Å². The summed E-state index contributed by atoms with van der Waals surface area (Å²) in [5.74, 6) is 0.709. The maximum atomic E-state index is 12.7. The Balaban J connectivity index is 1.47. The van der Waals surface area contributed by atoms with E-state index >= 15 is 0 Å². The van der Waals surface area contributed by atoms with Crippen LogP contribution in [0.25, 0.3) is 0 Å². The number of hydrogen-bond donors (Lipinski definition) is 1. The lowest BCUT2D eigenvalue weighted by molar-refractivity contribution is -0.134. The molecule has 0 radical (unpaired) electrons. The van der Waals surface area contributed by atoms with Gasteiger partial charge in [-0.1, -0.05) is 23.7 Å². The summed E-state index contributed by atoms with van der Waals surface area (Å²) < 4.78 is 0. The topological polar surface area (TPSA) is 52.7 Å². The van der Waals surface area contributed by atoms with E-state index in [1.165, 1.54) is 0 Å². The van der Waals surface area contributed by atoms with Crippen molar-refractivity contribution in [2.45, 2.75) is 19.3 Å². The zero-order valence-electron chi connectivity index (χ0n) is 14.0. The molecule has 2 fully saturated rings. The van der Waals surface area contributed by atoms with Crippen LogP contribution < -0.4 is 5.32 Å². The van der Waals surface area contributed by atoms with Gasteiger partial charge in [0.05, 0.1) is 6.54 Å². The van der Waals surface area contributed by atoms with Crippen molar-refractivity contribution in [1.82, 2.24) is 15.1 Å².